The molecule has 0 aromatic heterocycles. The Morgan fingerprint density at radius 3 is 2.28 bits per heavy atom. The summed E-state index contributed by atoms with van der Waals surface area (Å²) in [6, 6.07) is 17.9. The fourth-order valence-corrected chi connectivity index (χ4v) is 1.75. The van der Waals surface area contributed by atoms with Crippen molar-refractivity contribution in [2.75, 3.05) is 6.61 Å². The van der Waals surface area contributed by atoms with Gasteiger partial charge in [0.1, 0.15) is 12.0 Å². The van der Waals surface area contributed by atoms with E-state index in [4.69, 9.17) is 4.74 Å². The molecular formula is C16H16O2. The third-order valence-electron chi connectivity index (χ3n) is 2.74. The minimum Gasteiger partial charge on any atom is -0.493 e. The largest absolute Gasteiger partial charge is 0.493 e. The van der Waals surface area contributed by atoms with Crippen LogP contribution in [0, 0.1) is 0 Å². The molecule has 0 saturated carbocycles. The summed E-state index contributed by atoms with van der Waals surface area (Å²) in [5.74, 6) is 0.848. The zero-order valence-electron chi connectivity index (χ0n) is 10.2. The van der Waals surface area contributed by atoms with Gasteiger partial charge in [-0.1, -0.05) is 42.5 Å². The second kappa shape index (κ2) is 6.60. The van der Waals surface area contributed by atoms with Crippen LogP contribution >= 0.6 is 0 Å². The third kappa shape index (κ3) is 3.74. The number of benzene rings is 2. The SMILES string of the molecule is O=CCc1ccc(OCCc2ccccc2)cc1. The van der Waals surface area contributed by atoms with Crippen LogP contribution in [0.1, 0.15) is 11.1 Å². The lowest BCUT2D eigenvalue weighted by Gasteiger charge is -2.06. The van der Waals surface area contributed by atoms with Crippen molar-refractivity contribution >= 4 is 6.29 Å². The average Bonchev–Trinajstić information content (AvgIpc) is 2.42. The lowest BCUT2D eigenvalue weighted by atomic mass is 10.1. The topological polar surface area (TPSA) is 26.3 Å². The van der Waals surface area contributed by atoms with Crippen molar-refractivity contribution in [1.82, 2.24) is 0 Å². The van der Waals surface area contributed by atoms with Crippen LogP contribution in [0.5, 0.6) is 5.75 Å². The average molecular weight is 240 g/mol. The summed E-state index contributed by atoms with van der Waals surface area (Å²) in [6.45, 7) is 0.664. The summed E-state index contributed by atoms with van der Waals surface area (Å²) in [5.41, 5.74) is 2.29. The standard InChI is InChI=1S/C16H16O2/c17-12-10-15-6-8-16(9-7-15)18-13-11-14-4-2-1-3-5-14/h1-9,12H,10-11,13H2. The minimum atomic E-state index is 0.463. The van der Waals surface area contributed by atoms with Gasteiger partial charge in [-0.2, -0.15) is 0 Å². The van der Waals surface area contributed by atoms with Crippen molar-refractivity contribution in [3.63, 3.8) is 0 Å². The van der Waals surface area contributed by atoms with Gasteiger partial charge in [0.25, 0.3) is 0 Å². The highest BCUT2D eigenvalue weighted by atomic mass is 16.5. The molecule has 2 aromatic carbocycles. The van der Waals surface area contributed by atoms with Crippen molar-refractivity contribution in [3.8, 4) is 5.75 Å². The van der Waals surface area contributed by atoms with Gasteiger partial charge in [0.05, 0.1) is 6.61 Å². The van der Waals surface area contributed by atoms with E-state index >= 15 is 0 Å². The van der Waals surface area contributed by atoms with Crippen molar-refractivity contribution in [2.24, 2.45) is 0 Å². The van der Waals surface area contributed by atoms with E-state index < -0.39 is 0 Å². The summed E-state index contributed by atoms with van der Waals surface area (Å²) < 4.78 is 5.65. The van der Waals surface area contributed by atoms with Crippen LogP contribution in [0.4, 0.5) is 0 Å². The normalized spacial score (nSPS) is 10.0. The van der Waals surface area contributed by atoms with Crippen LogP contribution in [-0.4, -0.2) is 12.9 Å². The van der Waals surface area contributed by atoms with Crippen LogP contribution in [0.2, 0.25) is 0 Å². The highest BCUT2D eigenvalue weighted by molar-refractivity contribution is 5.55. The highest BCUT2D eigenvalue weighted by Gasteiger charge is 1.96. The molecule has 0 heterocycles. The second-order valence-electron chi connectivity index (χ2n) is 4.10. The second-order valence-corrected chi connectivity index (χ2v) is 4.10. The van der Waals surface area contributed by atoms with Crippen LogP contribution in [0.25, 0.3) is 0 Å². The molecule has 0 atom stereocenters. The van der Waals surface area contributed by atoms with E-state index in [2.05, 4.69) is 12.1 Å². The molecule has 0 unspecified atom stereocenters. The van der Waals surface area contributed by atoms with Crippen LogP contribution in [0.3, 0.4) is 0 Å². The summed E-state index contributed by atoms with van der Waals surface area (Å²) in [6.07, 6.45) is 2.27. The predicted octanol–water partition coefficient (Wildman–Crippen LogP) is 3.05. The molecule has 2 aromatic rings. The number of hydrogen-bond donors (Lipinski definition) is 0. The van der Waals surface area contributed by atoms with E-state index in [-0.39, 0.29) is 0 Å². The zero-order valence-corrected chi connectivity index (χ0v) is 10.2. The Balaban J connectivity index is 1.81. The number of hydrogen-bond acceptors (Lipinski definition) is 2. The molecule has 0 saturated heterocycles. The van der Waals surface area contributed by atoms with Gasteiger partial charge in [-0.25, -0.2) is 0 Å². The third-order valence-corrected chi connectivity index (χ3v) is 2.74. The van der Waals surface area contributed by atoms with Crippen LogP contribution < -0.4 is 4.74 Å². The smallest absolute Gasteiger partial charge is 0.124 e. The molecule has 0 aliphatic rings. The van der Waals surface area contributed by atoms with Gasteiger partial charge in [-0.15, -0.1) is 0 Å². The zero-order chi connectivity index (χ0) is 12.6. The fraction of sp³-hybridized carbons (Fsp3) is 0.188. The molecule has 2 heteroatoms. The Kier molecular flexibility index (Phi) is 4.53. The number of carbonyl (C=O) groups is 1. The molecule has 0 aliphatic carbocycles. The van der Waals surface area contributed by atoms with Gasteiger partial charge in [0.2, 0.25) is 0 Å². The molecule has 2 nitrogen and oxygen atoms in total. The number of carbonyl (C=O) groups excluding carboxylic acids is 1. The molecular weight excluding hydrogens is 224 g/mol. The quantitative estimate of drug-likeness (QED) is 0.725. The monoisotopic (exact) mass is 240 g/mol. The molecule has 2 rings (SSSR count). The van der Waals surface area contributed by atoms with E-state index in [0.29, 0.717) is 13.0 Å². The van der Waals surface area contributed by atoms with Gasteiger partial charge < -0.3 is 9.53 Å². The molecule has 92 valence electrons. The van der Waals surface area contributed by atoms with E-state index in [1.165, 1.54) is 5.56 Å². The van der Waals surface area contributed by atoms with Crippen LogP contribution in [0.15, 0.2) is 54.6 Å². The lowest BCUT2D eigenvalue weighted by Crippen LogP contribution is -2.01. The first-order valence-electron chi connectivity index (χ1n) is 6.08. The van der Waals surface area contributed by atoms with Gasteiger partial charge in [-0.05, 0) is 23.3 Å². The Hall–Kier alpha value is -2.09. The molecule has 0 bridgehead atoms. The molecule has 0 N–H and O–H groups in total. The summed E-state index contributed by atoms with van der Waals surface area (Å²) in [5, 5.41) is 0. The van der Waals surface area contributed by atoms with Gasteiger partial charge >= 0.3 is 0 Å². The molecule has 0 radical (unpaired) electrons. The van der Waals surface area contributed by atoms with Crippen molar-refractivity contribution < 1.29 is 9.53 Å². The van der Waals surface area contributed by atoms with Crippen LogP contribution in [-0.2, 0) is 17.6 Å². The Labute approximate surface area is 107 Å². The number of aldehydes is 1. The first-order chi connectivity index (χ1) is 8.88. The fourth-order valence-electron chi connectivity index (χ4n) is 1.75. The van der Waals surface area contributed by atoms with Gasteiger partial charge in [-0.3, -0.25) is 0 Å². The minimum absolute atomic E-state index is 0.463. The Bertz CT molecular complexity index is 474. The van der Waals surface area contributed by atoms with E-state index in [1.807, 2.05) is 42.5 Å². The first kappa shape index (κ1) is 12.4. The number of ether oxygens (including phenoxy) is 1. The molecule has 0 spiro atoms. The maximum absolute atomic E-state index is 10.4. The van der Waals surface area contributed by atoms with Crippen molar-refractivity contribution in [3.05, 3.63) is 65.7 Å². The Morgan fingerprint density at radius 2 is 1.61 bits per heavy atom. The molecule has 0 aliphatic heterocycles. The van der Waals surface area contributed by atoms with E-state index in [0.717, 1.165) is 24.0 Å². The highest BCUT2D eigenvalue weighted by Crippen LogP contribution is 2.12. The van der Waals surface area contributed by atoms with Gasteiger partial charge in [0.15, 0.2) is 0 Å². The molecule has 0 amide bonds. The van der Waals surface area contributed by atoms with Crippen molar-refractivity contribution in [1.29, 1.82) is 0 Å². The van der Waals surface area contributed by atoms with E-state index in [1.54, 1.807) is 0 Å². The maximum Gasteiger partial charge on any atom is 0.124 e. The number of rotatable bonds is 6. The summed E-state index contributed by atoms with van der Waals surface area (Å²) >= 11 is 0. The first-order valence-corrected chi connectivity index (χ1v) is 6.08. The molecule has 18 heavy (non-hydrogen) atoms. The predicted molar refractivity (Wildman–Crippen MR) is 71.9 cm³/mol. The Morgan fingerprint density at radius 1 is 0.889 bits per heavy atom. The summed E-state index contributed by atoms with van der Waals surface area (Å²) in [7, 11) is 0. The maximum atomic E-state index is 10.4. The van der Waals surface area contributed by atoms with Crippen molar-refractivity contribution in [2.45, 2.75) is 12.8 Å². The van der Waals surface area contributed by atoms with Gasteiger partial charge in [0, 0.05) is 12.8 Å². The van der Waals surface area contributed by atoms with E-state index in [9.17, 15) is 4.79 Å². The lowest BCUT2D eigenvalue weighted by molar-refractivity contribution is -0.107. The molecule has 0 fully saturated rings. The summed E-state index contributed by atoms with van der Waals surface area (Å²) in [4.78, 5) is 10.4.